The van der Waals surface area contributed by atoms with E-state index in [0.717, 1.165) is 11.7 Å². The van der Waals surface area contributed by atoms with E-state index in [1.165, 1.54) is 4.90 Å². The highest BCUT2D eigenvalue weighted by Gasteiger charge is 2.35. The molecule has 0 aliphatic heterocycles. The number of hydrogen-bond donors (Lipinski definition) is 3. The van der Waals surface area contributed by atoms with Crippen LogP contribution in [0.4, 0.5) is 5.69 Å². The lowest BCUT2D eigenvalue weighted by Crippen LogP contribution is -2.48. The maximum absolute atomic E-state index is 14.4. The number of amides is 1. The third kappa shape index (κ3) is 11.7. The Hall–Kier alpha value is -3.29. The number of carbonyl (C=O) groups excluding carboxylic acids is 1. The zero-order valence-corrected chi connectivity index (χ0v) is 27.1. The molecule has 0 aliphatic rings. The summed E-state index contributed by atoms with van der Waals surface area (Å²) in [5.74, 6) is -2.98. The number of benzene rings is 1. The number of halogens is 1. The van der Waals surface area contributed by atoms with Crippen LogP contribution >= 0.6 is 11.6 Å². The SMILES string of the molecule is C=CC(CC(/C=C\C)OC)C(CC)O[C@H](Cc1noc(=O)n1CC(=O)O)C(=O)N(CC(C)(C)CO)c1ccc(Cl)cc1.CO. The fraction of sp³-hybridized carbons (Fsp3) is 0.548. The number of methoxy groups -OCH3 is 1. The summed E-state index contributed by atoms with van der Waals surface area (Å²) in [4.78, 5) is 39.6. The molecule has 12 nitrogen and oxygen atoms in total. The van der Waals surface area contributed by atoms with Crippen molar-refractivity contribution in [3.63, 3.8) is 0 Å². The standard InChI is InChI=1S/C30H42ClN3O8.CH4O/c1-7-10-23(40-6)15-20(8-2)24(9-3)41-25(16-26-32-42-29(39)33(26)17-27(36)37)28(38)34(18-30(4,5)19-35)22-13-11-21(31)12-14-22;1-2/h7-8,10-14,20,23-25,35H,2,9,15-19H2,1,3-6H3,(H,36,37);2H,1H3/b10-7-;/t20?,23?,24?,25-;/m1./s1. The molecule has 0 fully saturated rings. The molecule has 2 aromatic rings. The normalized spacial score (nSPS) is 14.3. The highest BCUT2D eigenvalue weighted by atomic mass is 35.5. The number of carboxylic acid groups (broad SMARTS) is 1. The highest BCUT2D eigenvalue weighted by Crippen LogP contribution is 2.28. The Kier molecular flexibility index (Phi) is 16.9. The van der Waals surface area contributed by atoms with E-state index < -0.39 is 41.8 Å². The van der Waals surface area contributed by atoms with Gasteiger partial charge >= 0.3 is 11.7 Å². The van der Waals surface area contributed by atoms with E-state index in [9.17, 15) is 24.6 Å². The lowest BCUT2D eigenvalue weighted by atomic mass is 9.92. The van der Waals surface area contributed by atoms with Gasteiger partial charge in [0.25, 0.3) is 5.91 Å². The van der Waals surface area contributed by atoms with Gasteiger partial charge in [0.15, 0.2) is 5.82 Å². The first-order chi connectivity index (χ1) is 20.9. The minimum Gasteiger partial charge on any atom is -0.480 e. The molecule has 4 atom stereocenters. The van der Waals surface area contributed by atoms with Crippen LogP contribution in [-0.2, 0) is 32.0 Å². The van der Waals surface area contributed by atoms with Crippen molar-refractivity contribution in [2.75, 3.05) is 32.3 Å². The second-order valence-corrected chi connectivity index (χ2v) is 11.2. The highest BCUT2D eigenvalue weighted by molar-refractivity contribution is 6.30. The van der Waals surface area contributed by atoms with E-state index in [4.69, 9.17) is 30.7 Å². The summed E-state index contributed by atoms with van der Waals surface area (Å²) in [6, 6.07) is 6.67. The third-order valence-electron chi connectivity index (χ3n) is 6.85. The molecule has 13 heteroatoms. The number of rotatable bonds is 18. The van der Waals surface area contributed by atoms with Crippen LogP contribution in [0.1, 0.15) is 46.4 Å². The first-order valence-corrected chi connectivity index (χ1v) is 14.6. The Labute approximate surface area is 263 Å². The van der Waals surface area contributed by atoms with Gasteiger partial charge in [-0.05, 0) is 44.0 Å². The number of aliphatic hydroxyl groups is 2. The second kappa shape index (κ2) is 19.2. The monoisotopic (exact) mass is 639 g/mol. The average molecular weight is 640 g/mol. The van der Waals surface area contributed by atoms with E-state index >= 15 is 0 Å². The van der Waals surface area contributed by atoms with Gasteiger partial charge in [-0.3, -0.25) is 14.1 Å². The molecule has 1 aromatic carbocycles. The summed E-state index contributed by atoms with van der Waals surface area (Å²) in [5, 5.41) is 30.6. The number of carboxylic acids is 1. The summed E-state index contributed by atoms with van der Waals surface area (Å²) < 4.78 is 17.7. The molecule has 0 spiro atoms. The summed E-state index contributed by atoms with van der Waals surface area (Å²) in [6.45, 7) is 10.7. The molecule has 3 N–H and O–H groups in total. The summed E-state index contributed by atoms with van der Waals surface area (Å²) in [6.07, 6.45) is 4.45. The predicted molar refractivity (Wildman–Crippen MR) is 168 cm³/mol. The fourth-order valence-corrected chi connectivity index (χ4v) is 4.64. The molecule has 0 saturated heterocycles. The van der Waals surface area contributed by atoms with Crippen LogP contribution in [0.15, 0.2) is 58.4 Å². The predicted octanol–water partition coefficient (Wildman–Crippen LogP) is 3.72. The molecular formula is C31H46ClN3O9. The van der Waals surface area contributed by atoms with Crippen molar-refractivity contribution >= 4 is 29.2 Å². The maximum atomic E-state index is 14.4. The second-order valence-electron chi connectivity index (χ2n) is 10.8. The molecule has 246 valence electrons. The first-order valence-electron chi connectivity index (χ1n) is 14.2. The fourth-order valence-electron chi connectivity index (χ4n) is 4.51. The van der Waals surface area contributed by atoms with Gasteiger partial charge in [-0.1, -0.05) is 55.8 Å². The Morgan fingerprint density at radius 2 is 1.89 bits per heavy atom. The zero-order valence-electron chi connectivity index (χ0n) is 26.3. The molecule has 0 aliphatic carbocycles. The Morgan fingerprint density at radius 1 is 1.25 bits per heavy atom. The van der Waals surface area contributed by atoms with E-state index in [1.54, 1.807) is 37.5 Å². The number of anilines is 1. The Morgan fingerprint density at radius 3 is 2.39 bits per heavy atom. The molecule has 1 amide bonds. The lowest BCUT2D eigenvalue weighted by molar-refractivity contribution is -0.137. The topological polar surface area (TPSA) is 165 Å². The molecule has 3 unspecified atom stereocenters. The lowest BCUT2D eigenvalue weighted by Gasteiger charge is -2.35. The van der Waals surface area contributed by atoms with Crippen LogP contribution < -0.4 is 10.7 Å². The minimum atomic E-state index is -1.27. The van der Waals surface area contributed by atoms with Crippen molar-refractivity contribution in [1.29, 1.82) is 0 Å². The average Bonchev–Trinajstić information content (AvgIpc) is 3.35. The van der Waals surface area contributed by atoms with Crippen LogP contribution in [-0.4, -0.2) is 82.6 Å². The van der Waals surface area contributed by atoms with E-state index in [-0.39, 0.29) is 37.4 Å². The third-order valence-corrected chi connectivity index (χ3v) is 7.10. The zero-order chi connectivity index (χ0) is 33.4. The van der Waals surface area contributed by atoms with Crippen molar-refractivity contribution in [1.82, 2.24) is 9.72 Å². The summed E-state index contributed by atoms with van der Waals surface area (Å²) in [5.41, 5.74) is -0.172. The van der Waals surface area contributed by atoms with Crippen molar-refractivity contribution in [2.24, 2.45) is 11.3 Å². The maximum Gasteiger partial charge on any atom is 0.442 e. The number of allylic oxidation sites excluding steroid dienone is 1. The van der Waals surface area contributed by atoms with Crippen molar-refractivity contribution in [3.8, 4) is 0 Å². The van der Waals surface area contributed by atoms with Gasteiger partial charge in [0, 0.05) is 55.8 Å². The Bertz CT molecular complexity index is 1260. The van der Waals surface area contributed by atoms with Gasteiger partial charge in [0.1, 0.15) is 12.6 Å². The van der Waals surface area contributed by atoms with Crippen LogP contribution in [0.25, 0.3) is 0 Å². The number of aliphatic hydroxyl groups excluding tert-OH is 2. The summed E-state index contributed by atoms with van der Waals surface area (Å²) in [7, 11) is 2.61. The summed E-state index contributed by atoms with van der Waals surface area (Å²) >= 11 is 6.11. The number of hydrogen-bond acceptors (Lipinski definition) is 9. The van der Waals surface area contributed by atoms with Gasteiger partial charge in [0.2, 0.25) is 0 Å². The van der Waals surface area contributed by atoms with Gasteiger partial charge in [-0.2, -0.15) is 0 Å². The van der Waals surface area contributed by atoms with Gasteiger partial charge in [-0.15, -0.1) is 6.58 Å². The number of aliphatic carboxylic acids is 1. The Balaban J connectivity index is 0.00000474. The smallest absolute Gasteiger partial charge is 0.442 e. The van der Waals surface area contributed by atoms with Gasteiger partial charge < -0.3 is 29.7 Å². The molecule has 0 saturated carbocycles. The largest absolute Gasteiger partial charge is 0.480 e. The first kappa shape index (κ1) is 38.7. The number of carbonyl (C=O) groups is 2. The molecule has 0 bridgehead atoms. The number of ether oxygens (including phenoxy) is 2. The van der Waals surface area contributed by atoms with E-state index in [1.807, 2.05) is 39.8 Å². The van der Waals surface area contributed by atoms with Crippen molar-refractivity contribution in [2.45, 2.75) is 71.8 Å². The van der Waals surface area contributed by atoms with Crippen molar-refractivity contribution < 1.29 is 38.9 Å². The van der Waals surface area contributed by atoms with Crippen LogP contribution in [0.2, 0.25) is 5.02 Å². The molecular weight excluding hydrogens is 594 g/mol. The van der Waals surface area contributed by atoms with Crippen molar-refractivity contribution in [3.05, 3.63) is 70.5 Å². The molecule has 1 aromatic heterocycles. The van der Waals surface area contributed by atoms with E-state index in [0.29, 0.717) is 23.6 Å². The molecule has 44 heavy (non-hydrogen) atoms. The van der Waals surface area contributed by atoms with Crippen LogP contribution in [0.3, 0.4) is 0 Å². The molecule has 1 heterocycles. The molecule has 2 rings (SSSR count). The number of aromatic nitrogens is 2. The van der Waals surface area contributed by atoms with Gasteiger partial charge in [-0.25, -0.2) is 9.36 Å². The van der Waals surface area contributed by atoms with Crippen LogP contribution in [0.5, 0.6) is 0 Å². The number of nitrogens with zero attached hydrogens (tertiary/aromatic N) is 3. The minimum absolute atomic E-state index is 0.0492. The molecule has 0 radical (unpaired) electrons. The van der Waals surface area contributed by atoms with Gasteiger partial charge in [0.05, 0.1) is 12.2 Å². The van der Waals surface area contributed by atoms with Crippen LogP contribution in [0, 0.1) is 11.3 Å². The van der Waals surface area contributed by atoms with E-state index in [2.05, 4.69) is 11.7 Å². The quantitative estimate of drug-likeness (QED) is 0.205.